The predicted octanol–water partition coefficient (Wildman–Crippen LogP) is 6.90. The minimum absolute atomic E-state index is 0.00239. The van der Waals surface area contributed by atoms with E-state index in [4.69, 9.17) is 0 Å². The number of halogens is 2. The van der Waals surface area contributed by atoms with E-state index in [1.807, 2.05) is 6.92 Å². The molecular weight excluding hydrogens is 302 g/mol. The molecule has 3 fully saturated rings. The molecule has 0 aromatic heterocycles. The molecule has 3 aliphatic carbocycles. The molecule has 0 aromatic carbocycles. The highest BCUT2D eigenvalue weighted by atomic mass is 19.2. The molecule has 0 saturated heterocycles. The fourth-order valence-electron chi connectivity index (χ4n) is 5.95. The van der Waals surface area contributed by atoms with Crippen molar-refractivity contribution in [2.24, 2.45) is 35.5 Å². The fraction of sp³-hybridized carbons (Fsp3) is 0.909. The van der Waals surface area contributed by atoms with E-state index < -0.39 is 12.3 Å². The van der Waals surface area contributed by atoms with E-state index in [0.29, 0.717) is 5.92 Å². The average molecular weight is 339 g/mol. The van der Waals surface area contributed by atoms with Gasteiger partial charge >= 0.3 is 0 Å². The highest BCUT2D eigenvalue weighted by Gasteiger charge is 2.43. The van der Waals surface area contributed by atoms with E-state index in [-0.39, 0.29) is 11.8 Å². The quantitative estimate of drug-likeness (QED) is 0.491. The van der Waals surface area contributed by atoms with Gasteiger partial charge in [-0.1, -0.05) is 19.1 Å². The number of rotatable bonds is 3. The molecule has 0 bridgehead atoms. The summed E-state index contributed by atoms with van der Waals surface area (Å²) in [6, 6.07) is 0. The lowest BCUT2D eigenvalue weighted by Gasteiger charge is -2.42. The topological polar surface area (TPSA) is 0 Å². The molecule has 2 heteroatoms. The molecule has 0 N–H and O–H groups in total. The van der Waals surface area contributed by atoms with Gasteiger partial charge in [-0.05, 0) is 107 Å². The number of alkyl halides is 2. The summed E-state index contributed by atoms with van der Waals surface area (Å²) in [7, 11) is 0. The molecule has 0 spiro atoms. The second-order valence-corrected chi connectivity index (χ2v) is 8.98. The summed E-state index contributed by atoms with van der Waals surface area (Å²) in [5, 5.41) is 0. The van der Waals surface area contributed by atoms with Crippen LogP contribution in [-0.2, 0) is 0 Å². The zero-order valence-corrected chi connectivity index (χ0v) is 15.6. The van der Waals surface area contributed by atoms with Crippen LogP contribution in [0.15, 0.2) is 12.2 Å². The van der Waals surface area contributed by atoms with Crippen LogP contribution in [0.1, 0.15) is 78.1 Å². The van der Waals surface area contributed by atoms with Gasteiger partial charge in [0, 0.05) is 0 Å². The molecule has 4 unspecified atom stereocenters. The normalized spacial score (nSPS) is 47.8. The van der Waals surface area contributed by atoms with E-state index in [0.717, 1.165) is 43.4 Å². The Bertz CT molecular complexity index is 402. The second-order valence-electron chi connectivity index (χ2n) is 8.98. The summed E-state index contributed by atoms with van der Waals surface area (Å²) >= 11 is 0. The summed E-state index contributed by atoms with van der Waals surface area (Å²) in [5.41, 5.74) is 0. The third-order valence-electron chi connectivity index (χ3n) is 7.58. The Morgan fingerprint density at radius 2 is 1.21 bits per heavy atom. The molecule has 138 valence electrons. The Morgan fingerprint density at radius 3 is 1.79 bits per heavy atom. The molecule has 0 aliphatic heterocycles. The van der Waals surface area contributed by atoms with Gasteiger partial charge in [0.05, 0.1) is 0 Å². The molecule has 3 saturated carbocycles. The number of hydrogen-bond acceptors (Lipinski definition) is 0. The molecule has 0 nitrogen and oxygen atoms in total. The van der Waals surface area contributed by atoms with Crippen LogP contribution in [0, 0.1) is 35.5 Å². The largest absolute Gasteiger partial charge is 0.244 e. The van der Waals surface area contributed by atoms with E-state index in [1.165, 1.54) is 38.5 Å². The van der Waals surface area contributed by atoms with Crippen molar-refractivity contribution in [1.29, 1.82) is 0 Å². The summed E-state index contributed by atoms with van der Waals surface area (Å²) in [6.07, 6.45) is 14.2. The van der Waals surface area contributed by atoms with Gasteiger partial charge < -0.3 is 0 Å². The lowest BCUT2D eigenvalue weighted by atomic mass is 9.64. The maximum atomic E-state index is 14.5. The van der Waals surface area contributed by atoms with Crippen LogP contribution in [0.3, 0.4) is 0 Å². The zero-order valence-electron chi connectivity index (χ0n) is 15.6. The number of allylic oxidation sites excluding steroid dienone is 2. The van der Waals surface area contributed by atoms with Gasteiger partial charge in [0.1, 0.15) is 12.3 Å². The van der Waals surface area contributed by atoms with Crippen molar-refractivity contribution in [3.05, 3.63) is 12.2 Å². The Balaban J connectivity index is 1.46. The Hall–Kier alpha value is -0.400. The van der Waals surface area contributed by atoms with Gasteiger partial charge in [0.2, 0.25) is 0 Å². The highest BCUT2D eigenvalue weighted by molar-refractivity contribution is 4.93. The van der Waals surface area contributed by atoms with Gasteiger partial charge in [0.25, 0.3) is 0 Å². The molecule has 4 atom stereocenters. The first-order valence-corrected chi connectivity index (χ1v) is 10.5. The minimum Gasteiger partial charge on any atom is -0.244 e. The minimum atomic E-state index is -1.22. The molecule has 0 amide bonds. The smallest absolute Gasteiger partial charge is 0.134 e. The monoisotopic (exact) mass is 338 g/mol. The molecule has 3 rings (SSSR count). The standard InChI is InChI=1S/C22H36F2/c1-3-4-16-6-8-17(9-7-16)18-10-12-19(13-11-18)20-14-5-15(2)21(23)22(20)24/h3-4,15-22H,5-14H2,1-2H3/b4-3+. The maximum absolute atomic E-state index is 14.5. The lowest BCUT2D eigenvalue weighted by molar-refractivity contribution is -0.00986. The summed E-state index contributed by atoms with van der Waals surface area (Å²) in [5.74, 6) is 2.92. The Labute approximate surface area is 147 Å². The van der Waals surface area contributed by atoms with Crippen molar-refractivity contribution in [1.82, 2.24) is 0 Å². The average Bonchev–Trinajstić information content (AvgIpc) is 2.61. The molecule has 0 aromatic rings. The second kappa shape index (κ2) is 8.32. The van der Waals surface area contributed by atoms with Crippen LogP contribution < -0.4 is 0 Å². The third kappa shape index (κ3) is 4.05. The van der Waals surface area contributed by atoms with Gasteiger partial charge in [-0.3, -0.25) is 0 Å². The van der Waals surface area contributed by atoms with Gasteiger partial charge in [-0.2, -0.15) is 0 Å². The van der Waals surface area contributed by atoms with Crippen LogP contribution >= 0.6 is 0 Å². The SMILES string of the molecule is C/C=C/C1CCC(C2CCC(C3CCC(C)C(F)C3F)CC2)CC1. The van der Waals surface area contributed by atoms with Gasteiger partial charge in [0.15, 0.2) is 0 Å². The maximum Gasteiger partial charge on any atom is 0.134 e. The first kappa shape index (κ1) is 18.4. The summed E-state index contributed by atoms with van der Waals surface area (Å²) in [6.45, 7) is 3.99. The van der Waals surface area contributed by atoms with Crippen LogP contribution in [-0.4, -0.2) is 12.3 Å². The first-order valence-electron chi connectivity index (χ1n) is 10.5. The van der Waals surface area contributed by atoms with Crippen LogP contribution in [0.2, 0.25) is 0 Å². The molecule has 0 radical (unpaired) electrons. The third-order valence-corrected chi connectivity index (χ3v) is 7.58. The first-order chi connectivity index (χ1) is 11.6. The van der Waals surface area contributed by atoms with Gasteiger partial charge in [-0.25, -0.2) is 8.78 Å². The Kier molecular flexibility index (Phi) is 6.38. The lowest BCUT2D eigenvalue weighted by Crippen LogP contribution is -2.41. The van der Waals surface area contributed by atoms with Crippen LogP contribution in [0.25, 0.3) is 0 Å². The van der Waals surface area contributed by atoms with Crippen molar-refractivity contribution >= 4 is 0 Å². The fourth-order valence-corrected chi connectivity index (χ4v) is 5.95. The predicted molar refractivity (Wildman–Crippen MR) is 97.4 cm³/mol. The molecule has 3 aliphatic rings. The van der Waals surface area contributed by atoms with E-state index in [1.54, 1.807) is 0 Å². The van der Waals surface area contributed by atoms with Crippen LogP contribution in [0.4, 0.5) is 8.78 Å². The van der Waals surface area contributed by atoms with Crippen molar-refractivity contribution in [2.45, 2.75) is 90.4 Å². The van der Waals surface area contributed by atoms with Crippen molar-refractivity contribution in [2.75, 3.05) is 0 Å². The zero-order chi connectivity index (χ0) is 17.1. The Morgan fingerprint density at radius 1 is 0.667 bits per heavy atom. The van der Waals surface area contributed by atoms with E-state index in [2.05, 4.69) is 19.1 Å². The van der Waals surface area contributed by atoms with Crippen LogP contribution in [0.5, 0.6) is 0 Å². The summed E-state index contributed by atoms with van der Waals surface area (Å²) < 4.78 is 28.5. The van der Waals surface area contributed by atoms with Crippen molar-refractivity contribution in [3.63, 3.8) is 0 Å². The van der Waals surface area contributed by atoms with E-state index >= 15 is 0 Å². The van der Waals surface area contributed by atoms with Crippen molar-refractivity contribution in [3.8, 4) is 0 Å². The highest BCUT2D eigenvalue weighted by Crippen LogP contribution is 2.47. The van der Waals surface area contributed by atoms with Gasteiger partial charge in [-0.15, -0.1) is 0 Å². The molecule has 0 heterocycles. The summed E-state index contributed by atoms with van der Waals surface area (Å²) in [4.78, 5) is 0. The molecule has 24 heavy (non-hydrogen) atoms. The van der Waals surface area contributed by atoms with Crippen molar-refractivity contribution < 1.29 is 8.78 Å². The van der Waals surface area contributed by atoms with E-state index in [9.17, 15) is 8.78 Å². The molecular formula is C22H36F2. The number of hydrogen-bond donors (Lipinski definition) is 0.